The minimum Gasteiger partial charge on any atom is -0.495 e. The van der Waals surface area contributed by atoms with Crippen LogP contribution in [0.5, 0.6) is 17.2 Å². The van der Waals surface area contributed by atoms with Crippen molar-refractivity contribution in [3.63, 3.8) is 0 Å². The maximum absolute atomic E-state index is 12.4. The molecule has 1 N–H and O–H groups in total. The smallest absolute Gasteiger partial charge is 0.387 e. The van der Waals surface area contributed by atoms with E-state index in [0.29, 0.717) is 22.2 Å². The van der Waals surface area contributed by atoms with E-state index in [0.717, 1.165) is 11.3 Å². The highest BCUT2D eigenvalue weighted by molar-refractivity contribution is 6.31. The largest absolute Gasteiger partial charge is 0.495 e. The molecule has 0 saturated carbocycles. The van der Waals surface area contributed by atoms with Crippen LogP contribution in [0.1, 0.15) is 11.5 Å². The van der Waals surface area contributed by atoms with Crippen LogP contribution in [0.4, 0.5) is 14.5 Å². The Morgan fingerprint density at radius 1 is 1.10 bits per heavy atom. The summed E-state index contributed by atoms with van der Waals surface area (Å²) in [5.74, 6) is 1.24. The molecule has 0 unspecified atom stereocenters. The standard InChI is InChI=1S/C19H18ClF2N3O4/c1-10-6-13(15(26-2)8-12(10)20)23-9-17-24-18(25-29-17)11-4-5-14(28-19(21)22)16(7-11)27-3/h4-8,19,23H,9H2,1-3H3. The van der Waals surface area contributed by atoms with E-state index in [1.165, 1.54) is 25.3 Å². The average molecular weight is 426 g/mol. The number of methoxy groups -OCH3 is 2. The van der Waals surface area contributed by atoms with E-state index in [9.17, 15) is 8.78 Å². The lowest BCUT2D eigenvalue weighted by molar-refractivity contribution is -0.0512. The van der Waals surface area contributed by atoms with Gasteiger partial charge in [-0.2, -0.15) is 13.8 Å². The number of aryl methyl sites for hydroxylation is 1. The van der Waals surface area contributed by atoms with Crippen LogP contribution in [0.2, 0.25) is 5.02 Å². The number of nitrogens with one attached hydrogen (secondary N) is 1. The summed E-state index contributed by atoms with van der Waals surface area (Å²) >= 11 is 6.11. The molecule has 154 valence electrons. The Morgan fingerprint density at radius 2 is 1.86 bits per heavy atom. The third-order valence-electron chi connectivity index (χ3n) is 4.02. The Hall–Kier alpha value is -3.07. The first-order chi connectivity index (χ1) is 13.9. The van der Waals surface area contributed by atoms with Gasteiger partial charge >= 0.3 is 6.61 Å². The van der Waals surface area contributed by atoms with Gasteiger partial charge in [0, 0.05) is 16.7 Å². The van der Waals surface area contributed by atoms with E-state index < -0.39 is 6.61 Å². The fourth-order valence-corrected chi connectivity index (χ4v) is 2.74. The molecule has 0 amide bonds. The Kier molecular flexibility index (Phi) is 6.38. The number of aromatic nitrogens is 2. The zero-order chi connectivity index (χ0) is 21.0. The number of anilines is 1. The third kappa shape index (κ3) is 4.86. The highest BCUT2D eigenvalue weighted by Crippen LogP contribution is 2.33. The molecular formula is C19H18ClF2N3O4. The molecule has 0 saturated heterocycles. The number of hydrogen-bond acceptors (Lipinski definition) is 7. The third-order valence-corrected chi connectivity index (χ3v) is 4.42. The zero-order valence-corrected chi connectivity index (χ0v) is 16.6. The van der Waals surface area contributed by atoms with Gasteiger partial charge in [0.15, 0.2) is 11.5 Å². The number of halogens is 3. The van der Waals surface area contributed by atoms with Gasteiger partial charge in [-0.25, -0.2) is 0 Å². The lowest BCUT2D eigenvalue weighted by atomic mass is 10.2. The highest BCUT2D eigenvalue weighted by Gasteiger charge is 2.15. The van der Waals surface area contributed by atoms with E-state index >= 15 is 0 Å². The summed E-state index contributed by atoms with van der Waals surface area (Å²) in [4.78, 5) is 4.31. The van der Waals surface area contributed by atoms with E-state index in [4.69, 9.17) is 25.6 Å². The molecule has 29 heavy (non-hydrogen) atoms. The summed E-state index contributed by atoms with van der Waals surface area (Å²) in [6.45, 7) is -0.827. The molecule has 0 spiro atoms. The van der Waals surface area contributed by atoms with Crippen molar-refractivity contribution in [2.75, 3.05) is 19.5 Å². The number of rotatable bonds is 8. The van der Waals surface area contributed by atoms with Gasteiger partial charge in [0.1, 0.15) is 5.75 Å². The maximum atomic E-state index is 12.4. The van der Waals surface area contributed by atoms with E-state index in [2.05, 4.69) is 20.2 Å². The van der Waals surface area contributed by atoms with Gasteiger partial charge < -0.3 is 24.1 Å². The fraction of sp³-hybridized carbons (Fsp3) is 0.263. The predicted molar refractivity (Wildman–Crippen MR) is 103 cm³/mol. The molecule has 10 heteroatoms. The molecular weight excluding hydrogens is 408 g/mol. The molecule has 0 bridgehead atoms. The van der Waals surface area contributed by atoms with Crippen LogP contribution >= 0.6 is 11.6 Å². The number of benzene rings is 2. The van der Waals surface area contributed by atoms with Gasteiger partial charge in [-0.05, 0) is 36.8 Å². The van der Waals surface area contributed by atoms with Crippen LogP contribution in [0.15, 0.2) is 34.9 Å². The van der Waals surface area contributed by atoms with Crippen molar-refractivity contribution in [3.8, 4) is 28.6 Å². The molecule has 0 fully saturated rings. The Balaban J connectivity index is 1.75. The van der Waals surface area contributed by atoms with Gasteiger partial charge in [0.05, 0.1) is 26.5 Å². The first-order valence-corrected chi connectivity index (χ1v) is 8.83. The summed E-state index contributed by atoms with van der Waals surface area (Å²) in [5, 5.41) is 7.67. The zero-order valence-electron chi connectivity index (χ0n) is 15.8. The molecule has 3 rings (SSSR count). The number of nitrogens with zero attached hydrogens (tertiary/aromatic N) is 2. The van der Waals surface area contributed by atoms with Gasteiger partial charge in [-0.3, -0.25) is 0 Å². The normalized spacial score (nSPS) is 10.9. The van der Waals surface area contributed by atoms with Crippen molar-refractivity contribution in [1.29, 1.82) is 0 Å². The summed E-state index contributed by atoms with van der Waals surface area (Å²) in [6.07, 6.45) is 0. The van der Waals surface area contributed by atoms with Crippen molar-refractivity contribution >= 4 is 17.3 Å². The lowest BCUT2D eigenvalue weighted by Gasteiger charge is -2.11. The Bertz CT molecular complexity index is 998. The molecule has 1 heterocycles. The van der Waals surface area contributed by atoms with Crippen LogP contribution in [0, 0.1) is 6.92 Å². The monoisotopic (exact) mass is 425 g/mol. The van der Waals surface area contributed by atoms with Crippen molar-refractivity contribution in [3.05, 3.63) is 46.8 Å². The van der Waals surface area contributed by atoms with Gasteiger partial charge in [-0.15, -0.1) is 0 Å². The molecule has 0 aliphatic carbocycles. The van der Waals surface area contributed by atoms with Crippen LogP contribution in [0.3, 0.4) is 0 Å². The van der Waals surface area contributed by atoms with Crippen LogP contribution in [0.25, 0.3) is 11.4 Å². The molecule has 3 aromatic rings. The summed E-state index contributed by atoms with van der Waals surface area (Å²) in [5.41, 5.74) is 2.14. The second-order valence-corrected chi connectivity index (χ2v) is 6.32. The minimum atomic E-state index is -2.95. The molecule has 0 radical (unpaired) electrons. The van der Waals surface area contributed by atoms with Crippen molar-refractivity contribution in [2.24, 2.45) is 0 Å². The SMILES string of the molecule is COc1cc(Cl)c(C)cc1NCc1nc(-c2ccc(OC(F)F)c(OC)c2)no1. The van der Waals surface area contributed by atoms with Crippen molar-refractivity contribution in [1.82, 2.24) is 10.1 Å². The minimum absolute atomic E-state index is 0.0816. The fourth-order valence-electron chi connectivity index (χ4n) is 2.59. The summed E-state index contributed by atoms with van der Waals surface area (Å²) < 4.78 is 45.0. The quantitative estimate of drug-likeness (QED) is 0.548. The lowest BCUT2D eigenvalue weighted by Crippen LogP contribution is -2.03. The number of ether oxygens (including phenoxy) is 3. The summed E-state index contributed by atoms with van der Waals surface area (Å²) in [7, 11) is 2.90. The molecule has 2 aromatic carbocycles. The molecule has 1 aromatic heterocycles. The van der Waals surface area contributed by atoms with Gasteiger partial charge in [0.2, 0.25) is 11.7 Å². The van der Waals surface area contributed by atoms with Gasteiger partial charge in [-0.1, -0.05) is 16.8 Å². The summed E-state index contributed by atoms with van der Waals surface area (Å²) in [6, 6.07) is 7.95. The average Bonchev–Trinajstić information content (AvgIpc) is 3.17. The maximum Gasteiger partial charge on any atom is 0.387 e. The van der Waals surface area contributed by atoms with Crippen LogP contribution in [-0.4, -0.2) is 31.0 Å². The predicted octanol–water partition coefficient (Wildman–Crippen LogP) is 4.93. The van der Waals surface area contributed by atoms with Crippen molar-refractivity contribution in [2.45, 2.75) is 20.1 Å². The van der Waals surface area contributed by atoms with Gasteiger partial charge in [0.25, 0.3) is 0 Å². The van der Waals surface area contributed by atoms with E-state index in [1.807, 2.05) is 13.0 Å². The molecule has 0 aliphatic rings. The molecule has 0 aliphatic heterocycles. The number of alkyl halides is 2. The Morgan fingerprint density at radius 3 is 2.55 bits per heavy atom. The second kappa shape index (κ2) is 8.95. The molecule has 7 nitrogen and oxygen atoms in total. The topological polar surface area (TPSA) is 78.6 Å². The van der Waals surface area contributed by atoms with Crippen LogP contribution < -0.4 is 19.5 Å². The number of hydrogen-bond donors (Lipinski definition) is 1. The van der Waals surface area contributed by atoms with E-state index in [-0.39, 0.29) is 23.9 Å². The molecule has 0 atom stereocenters. The first-order valence-electron chi connectivity index (χ1n) is 8.45. The highest BCUT2D eigenvalue weighted by atomic mass is 35.5. The first kappa shape index (κ1) is 20.7. The Labute approximate surface area is 170 Å². The second-order valence-electron chi connectivity index (χ2n) is 5.91. The van der Waals surface area contributed by atoms with Crippen LogP contribution in [-0.2, 0) is 6.54 Å². The van der Waals surface area contributed by atoms with Crippen molar-refractivity contribution < 1.29 is 27.5 Å². The van der Waals surface area contributed by atoms with E-state index in [1.54, 1.807) is 13.2 Å².